The average Bonchev–Trinajstić information content (AvgIpc) is 3.47. The van der Waals surface area contributed by atoms with E-state index in [0.29, 0.717) is 0 Å². The minimum absolute atomic E-state index is 0.0255. The van der Waals surface area contributed by atoms with Gasteiger partial charge in [0.15, 0.2) is 0 Å². The van der Waals surface area contributed by atoms with Crippen molar-refractivity contribution in [3.8, 4) is 23.0 Å². The van der Waals surface area contributed by atoms with Crippen LogP contribution in [0.1, 0.15) is 26.3 Å². The number of hydrogen-bond donors (Lipinski definition) is 0. The molecule has 6 heteroatoms. The van der Waals surface area contributed by atoms with Gasteiger partial charge in [0.25, 0.3) is 0 Å². The molecule has 0 aliphatic rings. The van der Waals surface area contributed by atoms with Crippen molar-refractivity contribution in [2.24, 2.45) is 0 Å². The quantitative estimate of drug-likeness (QED) is 0.185. The van der Waals surface area contributed by atoms with E-state index >= 15 is 0 Å². The second-order valence-corrected chi connectivity index (χ2v) is 12.0. The van der Waals surface area contributed by atoms with Crippen LogP contribution in [0, 0.1) is 3.80 Å². The first-order valence-corrected chi connectivity index (χ1v) is 14.4. The average molecular weight is 704 g/mol. The summed E-state index contributed by atoms with van der Waals surface area (Å²) in [6.45, 7) is 6.69. The number of rotatable bonds is 4. The number of ether oxygens (including phenoxy) is 1. The molecule has 5 nitrogen and oxygen atoms in total. The first-order valence-electron chi connectivity index (χ1n) is 13.3. The third-order valence-electron chi connectivity index (χ3n) is 7.34. The fraction of sp³-hybridized carbons (Fsp3) is 0.118. The summed E-state index contributed by atoms with van der Waals surface area (Å²) in [6, 6.07) is 33.6. The normalized spacial score (nSPS) is 12.0. The van der Waals surface area contributed by atoms with Crippen LogP contribution in [0.2, 0.25) is 0 Å². The van der Waals surface area contributed by atoms with Crippen LogP contribution in [-0.4, -0.2) is 18.5 Å². The van der Waals surface area contributed by atoms with Crippen molar-refractivity contribution < 1.29 is 24.1 Å². The summed E-state index contributed by atoms with van der Waals surface area (Å²) in [6.07, 6.45) is 6.13. The van der Waals surface area contributed by atoms with E-state index in [-0.39, 0.29) is 5.41 Å². The first-order chi connectivity index (χ1) is 19.4. The summed E-state index contributed by atoms with van der Waals surface area (Å²) in [5.74, 6) is 2.47. The van der Waals surface area contributed by atoms with E-state index in [1.165, 1.54) is 16.3 Å². The van der Waals surface area contributed by atoms with Crippen LogP contribution in [0.5, 0.6) is 11.5 Å². The number of fused-ring (bicyclic) bond motifs is 4. The third-order valence-corrected chi connectivity index (χ3v) is 8.43. The minimum atomic E-state index is 0.0255. The molecule has 0 bridgehead atoms. The Labute approximate surface area is 243 Å². The van der Waals surface area contributed by atoms with Crippen molar-refractivity contribution in [1.82, 2.24) is 18.5 Å². The molecule has 4 aromatic heterocycles. The van der Waals surface area contributed by atoms with Gasteiger partial charge >= 0.3 is 188 Å². The van der Waals surface area contributed by atoms with E-state index in [0.717, 1.165) is 43.4 Å². The molecule has 0 amide bonds. The van der Waals surface area contributed by atoms with E-state index in [4.69, 9.17) is 9.72 Å². The van der Waals surface area contributed by atoms with Gasteiger partial charge in [-0.05, 0) is 17.0 Å². The zero-order valence-electron chi connectivity index (χ0n) is 22.5. The summed E-state index contributed by atoms with van der Waals surface area (Å²) in [4.78, 5) is 4.80. The monoisotopic (exact) mass is 703 g/mol. The van der Waals surface area contributed by atoms with Crippen molar-refractivity contribution >= 4 is 27.3 Å². The number of nitrogens with zero attached hydrogens (tertiary/aromatic N) is 4. The number of benzene rings is 3. The van der Waals surface area contributed by atoms with Gasteiger partial charge in [-0.15, -0.1) is 0 Å². The van der Waals surface area contributed by atoms with Crippen LogP contribution in [0.4, 0.5) is 0 Å². The maximum absolute atomic E-state index is 6.47. The predicted octanol–water partition coefficient (Wildman–Crippen LogP) is 8.39. The van der Waals surface area contributed by atoms with E-state index in [2.05, 4.69) is 145 Å². The second kappa shape index (κ2) is 9.46. The van der Waals surface area contributed by atoms with Gasteiger partial charge in [0.1, 0.15) is 0 Å². The van der Waals surface area contributed by atoms with Gasteiger partial charge in [-0.25, -0.2) is 0 Å². The third kappa shape index (κ3) is 4.22. The van der Waals surface area contributed by atoms with Gasteiger partial charge < -0.3 is 0 Å². The molecule has 0 atom stereocenters. The van der Waals surface area contributed by atoms with Gasteiger partial charge in [-0.2, -0.15) is 0 Å². The van der Waals surface area contributed by atoms with Crippen LogP contribution >= 0.6 is 0 Å². The van der Waals surface area contributed by atoms with Crippen LogP contribution in [0.15, 0.2) is 116 Å². The van der Waals surface area contributed by atoms with Crippen LogP contribution in [0.25, 0.3) is 38.8 Å². The van der Waals surface area contributed by atoms with Crippen LogP contribution < -0.4 is 4.74 Å². The Morgan fingerprint density at radius 2 is 1.55 bits per heavy atom. The first kappa shape index (κ1) is 24.8. The molecule has 0 aliphatic heterocycles. The van der Waals surface area contributed by atoms with Crippen LogP contribution in [-0.2, 0) is 24.8 Å². The number of imidazole rings is 1. The van der Waals surface area contributed by atoms with E-state index < -0.39 is 0 Å². The molecule has 7 rings (SSSR count). The van der Waals surface area contributed by atoms with Gasteiger partial charge in [-0.3, -0.25) is 0 Å². The Balaban J connectivity index is 1.33. The fourth-order valence-corrected chi connectivity index (χ4v) is 6.19. The van der Waals surface area contributed by atoms with Crippen molar-refractivity contribution in [3.05, 3.63) is 125 Å². The molecule has 0 spiro atoms. The molecular weight excluding hydrogens is 675 g/mol. The molecule has 0 saturated heterocycles. The topological polar surface area (TPSA) is 36.4 Å². The molecule has 0 radical (unpaired) electrons. The Kier molecular flexibility index (Phi) is 5.87. The van der Waals surface area contributed by atoms with Gasteiger partial charge in [0.05, 0.1) is 0 Å². The summed E-state index contributed by atoms with van der Waals surface area (Å²) in [5, 5.41) is 2.37. The Bertz CT molecular complexity index is 2110. The summed E-state index contributed by atoms with van der Waals surface area (Å²) in [5.41, 5.74) is 5.65. The maximum atomic E-state index is 6.47. The molecule has 0 fully saturated rings. The molecular formula is C34H28N4OPt. The van der Waals surface area contributed by atoms with E-state index in [9.17, 15) is 0 Å². The predicted molar refractivity (Wildman–Crippen MR) is 157 cm³/mol. The van der Waals surface area contributed by atoms with Crippen molar-refractivity contribution in [3.63, 3.8) is 0 Å². The summed E-state index contributed by atoms with van der Waals surface area (Å²) in [7, 11) is 0. The standard InChI is InChI=1S/C34H28N4O.Pt/c1-34(2,3)24-16-17-35-33(19-24)38-31-13-5-4-12-29(31)30-15-14-28(21-32(30)38)39-27-11-8-10-25(20-27)37-22-26-9-6-7-18-36(26)23-37;/h4-22H,1-3H3;. The second-order valence-electron chi connectivity index (χ2n) is 11.0. The molecule has 0 saturated carbocycles. The zero-order valence-corrected chi connectivity index (χ0v) is 24.8. The Morgan fingerprint density at radius 3 is 2.40 bits per heavy atom. The molecule has 0 unspecified atom stereocenters. The molecule has 40 heavy (non-hydrogen) atoms. The van der Waals surface area contributed by atoms with Crippen molar-refractivity contribution in [2.75, 3.05) is 0 Å². The number of hydrogen-bond acceptors (Lipinski definition) is 2. The molecule has 7 aromatic rings. The summed E-state index contributed by atoms with van der Waals surface area (Å²) < 4.78 is 14.2. The van der Waals surface area contributed by atoms with Crippen molar-refractivity contribution in [1.29, 1.82) is 0 Å². The summed E-state index contributed by atoms with van der Waals surface area (Å²) >= 11 is 2.36. The number of para-hydroxylation sites is 1. The van der Waals surface area contributed by atoms with Crippen LogP contribution in [0.3, 0.4) is 0 Å². The van der Waals surface area contributed by atoms with Crippen molar-refractivity contribution in [2.45, 2.75) is 26.2 Å². The van der Waals surface area contributed by atoms with Gasteiger partial charge in [0.2, 0.25) is 0 Å². The molecule has 0 aliphatic carbocycles. The Morgan fingerprint density at radius 1 is 0.750 bits per heavy atom. The fourth-order valence-electron chi connectivity index (χ4n) is 5.29. The molecule has 0 N–H and O–H groups in total. The molecule has 3 aromatic carbocycles. The molecule has 200 valence electrons. The number of pyridine rings is 2. The number of aromatic nitrogens is 4. The van der Waals surface area contributed by atoms with Gasteiger partial charge in [0, 0.05) is 6.20 Å². The van der Waals surface area contributed by atoms with Gasteiger partial charge in [-0.1, -0.05) is 32.9 Å². The zero-order chi connectivity index (χ0) is 27.4. The van der Waals surface area contributed by atoms with E-state index in [1.54, 1.807) is 0 Å². The van der Waals surface area contributed by atoms with E-state index in [1.807, 2.05) is 24.4 Å². The molecule has 4 heterocycles. The SMILES string of the molecule is CC(C)(C)c1ccnc(-n2c3ccccc3c3ccc(Oc4cccc(-n5cc6ccccn6[c]5=[Pt])c4)cc32)c1. The Hall–Kier alpha value is -4.21.